The number of pyridine rings is 1. The molecule has 2 rings (SSSR count). The van der Waals surface area contributed by atoms with Crippen molar-refractivity contribution in [1.82, 2.24) is 25.1 Å². The Morgan fingerprint density at radius 1 is 1.29 bits per heavy atom. The predicted molar refractivity (Wildman–Crippen MR) is 70.4 cm³/mol. The summed E-state index contributed by atoms with van der Waals surface area (Å²) in [5.41, 5.74) is -0.214. The van der Waals surface area contributed by atoms with Crippen molar-refractivity contribution in [1.29, 1.82) is 0 Å². The molecule has 0 saturated carbocycles. The first kappa shape index (κ1) is 15.4. The van der Waals surface area contributed by atoms with Gasteiger partial charge in [0.2, 0.25) is 0 Å². The average molecular weight is 299 g/mol. The summed E-state index contributed by atoms with van der Waals surface area (Å²) in [7, 11) is 1.73. The summed E-state index contributed by atoms with van der Waals surface area (Å²) in [6, 6.07) is 2.20. The highest BCUT2D eigenvalue weighted by Gasteiger charge is 2.31. The van der Waals surface area contributed by atoms with Crippen LogP contribution in [0.15, 0.2) is 24.7 Å². The van der Waals surface area contributed by atoms with Crippen LogP contribution in [0.25, 0.3) is 0 Å². The third-order valence-electron chi connectivity index (χ3n) is 3.20. The number of alkyl halides is 3. The van der Waals surface area contributed by atoms with E-state index in [1.807, 2.05) is 6.92 Å². The Kier molecular flexibility index (Phi) is 4.56. The van der Waals surface area contributed by atoms with Gasteiger partial charge in [0.15, 0.2) is 0 Å². The maximum atomic E-state index is 12.5. The van der Waals surface area contributed by atoms with Gasteiger partial charge in [0, 0.05) is 19.2 Å². The third kappa shape index (κ3) is 3.57. The molecule has 0 aliphatic carbocycles. The number of nitrogens with zero attached hydrogens (tertiary/aromatic N) is 4. The second kappa shape index (κ2) is 6.21. The van der Waals surface area contributed by atoms with Gasteiger partial charge < -0.3 is 5.32 Å². The molecule has 0 bridgehead atoms. The van der Waals surface area contributed by atoms with Crippen LogP contribution in [0.4, 0.5) is 13.2 Å². The van der Waals surface area contributed by atoms with Crippen molar-refractivity contribution in [3.8, 4) is 0 Å². The van der Waals surface area contributed by atoms with Crippen LogP contribution in [0.3, 0.4) is 0 Å². The van der Waals surface area contributed by atoms with E-state index in [2.05, 4.69) is 20.4 Å². The number of halogens is 3. The lowest BCUT2D eigenvalue weighted by atomic mass is 10.1. The second-order valence-electron chi connectivity index (χ2n) is 4.51. The van der Waals surface area contributed by atoms with E-state index in [1.165, 1.54) is 12.4 Å². The lowest BCUT2D eigenvalue weighted by Gasteiger charge is -2.16. The maximum Gasteiger partial charge on any atom is 0.417 e. The summed E-state index contributed by atoms with van der Waals surface area (Å²) in [6.07, 6.45) is -1.55. The molecule has 8 heteroatoms. The zero-order valence-corrected chi connectivity index (χ0v) is 11.7. The summed E-state index contributed by atoms with van der Waals surface area (Å²) >= 11 is 0. The average Bonchev–Trinajstić information content (AvgIpc) is 2.91. The number of nitrogens with one attached hydrogen (secondary N) is 1. The zero-order chi connectivity index (χ0) is 15.5. The van der Waals surface area contributed by atoms with Gasteiger partial charge in [-0.15, -0.1) is 0 Å². The fraction of sp³-hybridized carbons (Fsp3) is 0.462. The number of aromatic nitrogens is 4. The van der Waals surface area contributed by atoms with Crippen LogP contribution in [0.2, 0.25) is 0 Å². The van der Waals surface area contributed by atoms with E-state index in [-0.39, 0.29) is 6.04 Å². The van der Waals surface area contributed by atoms with Crippen LogP contribution < -0.4 is 5.32 Å². The SMILES string of the molecule is CCn1ncnc1CC(NC)c1ccc(C(F)(F)F)cn1. The van der Waals surface area contributed by atoms with Gasteiger partial charge in [-0.3, -0.25) is 9.67 Å². The monoisotopic (exact) mass is 299 g/mol. The molecule has 0 aliphatic heterocycles. The van der Waals surface area contributed by atoms with Crippen LogP contribution in [0, 0.1) is 0 Å². The summed E-state index contributed by atoms with van der Waals surface area (Å²) in [5, 5.41) is 7.11. The Bertz CT molecular complexity index is 576. The molecule has 0 fully saturated rings. The van der Waals surface area contributed by atoms with Gasteiger partial charge in [0.1, 0.15) is 12.2 Å². The first-order valence-corrected chi connectivity index (χ1v) is 6.52. The normalized spacial score (nSPS) is 13.4. The van der Waals surface area contributed by atoms with Gasteiger partial charge in [-0.05, 0) is 26.1 Å². The topological polar surface area (TPSA) is 55.6 Å². The fourth-order valence-corrected chi connectivity index (χ4v) is 2.03. The van der Waals surface area contributed by atoms with E-state index in [9.17, 15) is 13.2 Å². The summed E-state index contributed by atoms with van der Waals surface area (Å²) in [4.78, 5) is 8.07. The smallest absolute Gasteiger partial charge is 0.311 e. The molecule has 0 aromatic carbocycles. The maximum absolute atomic E-state index is 12.5. The van der Waals surface area contributed by atoms with Crippen LogP contribution in [-0.2, 0) is 19.1 Å². The van der Waals surface area contributed by atoms with Crippen molar-refractivity contribution < 1.29 is 13.2 Å². The molecule has 114 valence electrons. The van der Waals surface area contributed by atoms with E-state index < -0.39 is 11.7 Å². The Labute approximate surface area is 120 Å². The first-order valence-electron chi connectivity index (χ1n) is 6.52. The summed E-state index contributed by atoms with van der Waals surface area (Å²) < 4.78 is 39.3. The molecule has 1 atom stereocenters. The van der Waals surface area contributed by atoms with Gasteiger partial charge in [-0.25, -0.2) is 4.98 Å². The molecule has 0 saturated heterocycles. The summed E-state index contributed by atoms with van der Waals surface area (Å²) in [6.45, 7) is 2.63. The molecule has 1 N–H and O–H groups in total. The van der Waals surface area contributed by atoms with Crippen molar-refractivity contribution in [3.05, 3.63) is 41.7 Å². The highest BCUT2D eigenvalue weighted by molar-refractivity contribution is 5.19. The molecule has 21 heavy (non-hydrogen) atoms. The van der Waals surface area contributed by atoms with E-state index in [4.69, 9.17) is 0 Å². The Balaban J connectivity index is 2.18. The molecule has 2 aromatic heterocycles. The first-order chi connectivity index (χ1) is 9.95. The van der Waals surface area contributed by atoms with Crippen LogP contribution in [0.1, 0.15) is 30.0 Å². The van der Waals surface area contributed by atoms with Gasteiger partial charge in [0.25, 0.3) is 0 Å². The van der Waals surface area contributed by atoms with Gasteiger partial charge in [-0.2, -0.15) is 18.3 Å². The molecule has 0 amide bonds. The Hall–Kier alpha value is -1.96. The minimum atomic E-state index is -4.37. The highest BCUT2D eigenvalue weighted by atomic mass is 19.4. The van der Waals surface area contributed by atoms with Crippen LogP contribution in [0.5, 0.6) is 0 Å². The fourth-order valence-electron chi connectivity index (χ4n) is 2.03. The van der Waals surface area contributed by atoms with Crippen molar-refractivity contribution in [3.63, 3.8) is 0 Å². The molecule has 1 unspecified atom stereocenters. The molecule has 5 nitrogen and oxygen atoms in total. The van der Waals surface area contributed by atoms with Crippen LogP contribution >= 0.6 is 0 Å². The lowest BCUT2D eigenvalue weighted by Crippen LogP contribution is -2.22. The zero-order valence-electron chi connectivity index (χ0n) is 11.7. The summed E-state index contributed by atoms with van der Waals surface area (Å²) in [5.74, 6) is 0.763. The largest absolute Gasteiger partial charge is 0.417 e. The minimum Gasteiger partial charge on any atom is -0.311 e. The lowest BCUT2D eigenvalue weighted by molar-refractivity contribution is -0.137. The number of rotatable bonds is 5. The molecular weight excluding hydrogens is 283 g/mol. The van der Waals surface area contributed by atoms with Gasteiger partial charge >= 0.3 is 6.18 Å². The van der Waals surface area contributed by atoms with E-state index >= 15 is 0 Å². The van der Waals surface area contributed by atoms with Crippen molar-refractivity contribution in [2.45, 2.75) is 32.1 Å². The van der Waals surface area contributed by atoms with Crippen molar-refractivity contribution >= 4 is 0 Å². The highest BCUT2D eigenvalue weighted by Crippen LogP contribution is 2.29. The second-order valence-corrected chi connectivity index (χ2v) is 4.51. The number of hydrogen-bond donors (Lipinski definition) is 1. The van der Waals surface area contributed by atoms with E-state index in [0.29, 0.717) is 18.7 Å². The van der Waals surface area contributed by atoms with E-state index in [1.54, 1.807) is 11.7 Å². The standard InChI is InChI=1S/C13H16F3N5/c1-3-21-12(19-8-20-21)6-11(17-2)10-5-4-9(7-18-10)13(14,15)16/h4-5,7-8,11,17H,3,6H2,1-2H3. The van der Waals surface area contributed by atoms with Crippen LogP contribution in [-0.4, -0.2) is 26.8 Å². The number of hydrogen-bond acceptors (Lipinski definition) is 4. The Morgan fingerprint density at radius 3 is 2.57 bits per heavy atom. The molecule has 0 radical (unpaired) electrons. The molecule has 2 aromatic rings. The number of likely N-dealkylation sites (N-methyl/N-ethyl adjacent to an activating group) is 1. The van der Waals surface area contributed by atoms with Crippen molar-refractivity contribution in [2.24, 2.45) is 0 Å². The molecule has 0 spiro atoms. The molecular formula is C13H16F3N5. The molecule has 2 heterocycles. The van der Waals surface area contributed by atoms with Gasteiger partial charge in [-0.1, -0.05) is 0 Å². The molecule has 0 aliphatic rings. The van der Waals surface area contributed by atoms with Crippen molar-refractivity contribution in [2.75, 3.05) is 7.05 Å². The number of aryl methyl sites for hydroxylation is 1. The predicted octanol–water partition coefficient (Wildman–Crippen LogP) is 2.21. The quantitative estimate of drug-likeness (QED) is 0.919. The van der Waals surface area contributed by atoms with E-state index in [0.717, 1.165) is 18.1 Å². The Morgan fingerprint density at radius 2 is 2.05 bits per heavy atom. The van der Waals surface area contributed by atoms with Gasteiger partial charge in [0.05, 0.1) is 17.3 Å². The third-order valence-corrected chi connectivity index (χ3v) is 3.20. The minimum absolute atomic E-state index is 0.221.